The van der Waals surface area contributed by atoms with Gasteiger partial charge in [0.25, 0.3) is 0 Å². The Bertz CT molecular complexity index is 1110. The van der Waals surface area contributed by atoms with Crippen LogP contribution in [0, 0.1) is 0 Å². The summed E-state index contributed by atoms with van der Waals surface area (Å²) in [6, 6.07) is 29.1. The van der Waals surface area contributed by atoms with E-state index in [-0.39, 0.29) is 15.1 Å². The number of Topliss-reactive ketones (excluding diaryl/α,β-unsaturated/α-hetero) is 2. The first kappa shape index (κ1) is 26.8. The van der Waals surface area contributed by atoms with Crippen LogP contribution in [0.1, 0.15) is 30.5 Å². The van der Waals surface area contributed by atoms with Crippen LogP contribution in [0.2, 0.25) is 0 Å². The number of ether oxygens (including phenoxy) is 3. The Morgan fingerprint density at radius 1 is 0.861 bits per heavy atom. The van der Waals surface area contributed by atoms with Crippen molar-refractivity contribution in [1.29, 1.82) is 0 Å². The topological polar surface area (TPSA) is 78.9 Å². The fourth-order valence-corrected chi connectivity index (χ4v) is 5.03. The number of hydrogen-bond acceptors (Lipinski definition) is 6. The van der Waals surface area contributed by atoms with E-state index in [0.29, 0.717) is 0 Å². The number of carbonyl (C=O) groups excluding carboxylic acids is 2. The van der Waals surface area contributed by atoms with E-state index in [4.69, 9.17) is 14.2 Å². The molecule has 1 heterocycles. The highest BCUT2D eigenvalue weighted by atomic mass is 127. The molecule has 0 aromatic heterocycles. The van der Waals surface area contributed by atoms with E-state index in [9.17, 15) is 14.2 Å². The first-order valence-corrected chi connectivity index (χ1v) is 13.6. The van der Waals surface area contributed by atoms with E-state index < -0.39 is 38.8 Å². The van der Waals surface area contributed by atoms with Gasteiger partial charge in [0.1, 0.15) is 12.2 Å². The van der Waals surface area contributed by atoms with Crippen molar-refractivity contribution in [1.82, 2.24) is 0 Å². The summed E-state index contributed by atoms with van der Waals surface area (Å²) in [6.45, 7) is 2.94. The predicted octanol–water partition coefficient (Wildman–Crippen LogP) is 5.71. The van der Waals surface area contributed by atoms with E-state index in [0.717, 1.165) is 16.7 Å². The molecule has 1 aliphatic heterocycles. The van der Waals surface area contributed by atoms with Crippen molar-refractivity contribution in [3.8, 4) is 0 Å². The van der Waals surface area contributed by atoms with Crippen LogP contribution in [0.25, 0.3) is 0 Å². The molecule has 36 heavy (non-hydrogen) atoms. The molecule has 1 aliphatic rings. The van der Waals surface area contributed by atoms with Crippen LogP contribution in [-0.2, 0) is 34.0 Å². The van der Waals surface area contributed by atoms with Crippen LogP contribution in [0.5, 0.6) is 0 Å². The summed E-state index contributed by atoms with van der Waals surface area (Å²) in [5.74, 6) is -2.04. The lowest BCUT2D eigenvalue weighted by atomic mass is 9.80. The van der Waals surface area contributed by atoms with E-state index in [1.54, 1.807) is 36.4 Å². The van der Waals surface area contributed by atoms with Crippen molar-refractivity contribution in [2.24, 2.45) is 0 Å². The lowest BCUT2D eigenvalue weighted by Gasteiger charge is -2.36. The molecule has 186 valence electrons. The van der Waals surface area contributed by atoms with Gasteiger partial charge in [0.2, 0.25) is 0 Å². The van der Waals surface area contributed by atoms with E-state index in [1.165, 1.54) is 0 Å². The van der Waals surface area contributed by atoms with Gasteiger partial charge in [-0.05, 0) is 30.5 Å². The smallest absolute Gasteiger partial charge is 0.190 e. The third kappa shape index (κ3) is 5.50. The maximum absolute atomic E-state index is 13.5. The van der Waals surface area contributed by atoms with Gasteiger partial charge in [-0.15, -0.1) is 0 Å². The first-order valence-electron chi connectivity index (χ1n) is 11.5. The Morgan fingerprint density at radius 3 is 1.69 bits per heavy atom. The minimum atomic E-state index is -1.17. The molecule has 0 spiro atoms. The number of ketones is 2. The molecule has 3 atom stereocenters. The summed E-state index contributed by atoms with van der Waals surface area (Å²) in [6.07, 6.45) is -2.34. The zero-order chi connectivity index (χ0) is 25.8. The molecule has 0 radical (unpaired) electrons. The molecule has 4 rings (SSSR count). The fraction of sp³-hybridized carbons (Fsp3) is 0.286. The molecule has 3 aromatic carbocycles. The molecule has 0 bridgehead atoms. The molecule has 1 fully saturated rings. The molecule has 6 nitrogen and oxygen atoms in total. The van der Waals surface area contributed by atoms with E-state index >= 15 is 0 Å². The van der Waals surface area contributed by atoms with Gasteiger partial charge >= 0.3 is 0 Å². The van der Waals surface area contributed by atoms with Crippen molar-refractivity contribution < 1.29 is 28.4 Å². The summed E-state index contributed by atoms with van der Waals surface area (Å²) < 4.78 is 28.7. The number of carbonyl (C=O) groups is 2. The predicted molar refractivity (Wildman–Crippen MR) is 144 cm³/mol. The number of rotatable bonds is 10. The minimum absolute atomic E-state index is 0.340. The number of halogens is 1. The molecule has 8 heteroatoms. The van der Waals surface area contributed by atoms with Crippen LogP contribution in [0.4, 0.5) is 0 Å². The largest absolute Gasteiger partial charge is 0.353 e. The molecule has 1 unspecified atom stereocenters. The summed E-state index contributed by atoms with van der Waals surface area (Å²) >= 11 is 1.77. The van der Waals surface area contributed by atoms with E-state index in [2.05, 4.69) is 0 Å². The highest BCUT2D eigenvalue weighted by molar-refractivity contribution is 14.1. The molecule has 0 amide bonds. The maximum Gasteiger partial charge on any atom is 0.190 e. The van der Waals surface area contributed by atoms with Crippen molar-refractivity contribution in [2.75, 3.05) is 6.61 Å². The van der Waals surface area contributed by atoms with E-state index in [1.807, 2.05) is 91.0 Å². The van der Waals surface area contributed by atoms with Gasteiger partial charge in [-0.2, -0.15) is 0 Å². The lowest BCUT2D eigenvalue weighted by molar-refractivity contribution is -0.160. The number of hydrogen-bond donors (Lipinski definition) is 0. The second-order valence-corrected chi connectivity index (χ2v) is 11.8. The Balaban J connectivity index is 1.73. The van der Waals surface area contributed by atoms with Crippen molar-refractivity contribution >= 4 is 42.6 Å². The molecule has 0 aliphatic carbocycles. The van der Waals surface area contributed by atoms with Gasteiger partial charge in [0.15, 0.2) is 41.7 Å². The van der Waals surface area contributed by atoms with Crippen LogP contribution < -0.4 is 0 Å². The second kappa shape index (κ2) is 11.4. The Morgan fingerprint density at radius 2 is 1.28 bits per heavy atom. The first-order chi connectivity index (χ1) is 17.3. The zero-order valence-electron chi connectivity index (χ0n) is 19.9. The number of benzene rings is 3. The summed E-state index contributed by atoms with van der Waals surface area (Å²) in [5.41, 5.74) is 1.46. The average Bonchev–Trinajstić information content (AvgIpc) is 3.25. The molecule has 0 saturated carbocycles. The highest BCUT2D eigenvalue weighted by Crippen LogP contribution is 2.41. The van der Waals surface area contributed by atoms with Gasteiger partial charge in [-0.1, -0.05) is 114 Å². The van der Waals surface area contributed by atoms with Crippen molar-refractivity contribution in [3.05, 3.63) is 108 Å². The van der Waals surface area contributed by atoms with Gasteiger partial charge < -0.3 is 14.2 Å². The third-order valence-electron chi connectivity index (χ3n) is 5.99. The fourth-order valence-electron chi connectivity index (χ4n) is 4.42. The molecule has 1 saturated heterocycles. The Kier molecular flexibility index (Phi) is 8.48. The lowest BCUT2D eigenvalue weighted by Crippen LogP contribution is -2.43. The van der Waals surface area contributed by atoms with Gasteiger partial charge in [0, 0.05) is 0 Å². The van der Waals surface area contributed by atoms with Crippen LogP contribution >= 0.6 is 31.1 Å². The summed E-state index contributed by atoms with van der Waals surface area (Å²) in [5, 5.41) is 0. The van der Waals surface area contributed by atoms with Gasteiger partial charge in [-0.3, -0.25) is 14.2 Å². The third-order valence-corrected chi connectivity index (χ3v) is 7.73. The normalized spacial score (nSPS) is 20.2. The molecule has 3 aromatic rings. The second-order valence-electron chi connectivity index (χ2n) is 8.85. The van der Waals surface area contributed by atoms with Crippen LogP contribution in [-0.4, -0.2) is 39.8 Å². The highest BCUT2D eigenvalue weighted by Gasteiger charge is 2.50. The quantitative estimate of drug-likeness (QED) is 0.126. The summed E-state index contributed by atoms with van der Waals surface area (Å²) in [4.78, 5) is 26.4. The molecular weight excluding hydrogens is 590 g/mol. The van der Waals surface area contributed by atoms with Crippen molar-refractivity contribution in [3.63, 3.8) is 0 Å². The monoisotopic (exact) mass is 616 g/mol. The average molecular weight is 616 g/mol. The zero-order valence-corrected chi connectivity index (χ0v) is 22.9. The number of alkyl halides is 1. The molecule has 0 N–H and O–H groups in total. The van der Waals surface area contributed by atoms with Crippen LogP contribution in [0.15, 0.2) is 91.0 Å². The minimum Gasteiger partial charge on any atom is -0.353 e. The Labute approximate surface area is 225 Å². The maximum atomic E-state index is 13.5. The Hall–Kier alpha value is -2.29. The van der Waals surface area contributed by atoms with Crippen molar-refractivity contribution in [2.45, 2.75) is 41.1 Å². The van der Waals surface area contributed by atoms with Crippen LogP contribution in [0.3, 0.4) is 0 Å². The SMILES string of the molecule is CC1(C)O[C@H](C(=O)COC(c2ccccc2)(c2ccccc2)c2ccccc2)[C@H](C(=O)C(I)P=O)O1. The van der Waals surface area contributed by atoms with Gasteiger partial charge in [-0.25, -0.2) is 0 Å². The molecular formula is C28H26IO6P. The summed E-state index contributed by atoms with van der Waals surface area (Å²) in [7, 11) is -0.350. The standard InChI is InChI=1S/C28H26IO6P/c1-27(2)34-24(25(35-27)23(31)26(29)36-32)22(30)18-33-28(19-12-6-3-7-13-19,20-14-8-4-9-15-20)21-16-10-5-11-17-21/h3-17,24-26H,18H2,1-2H3/t24-,25+,26?/m1/s1. The van der Waals surface area contributed by atoms with Gasteiger partial charge in [0.05, 0.1) is 0 Å².